The van der Waals surface area contributed by atoms with Gasteiger partial charge in [0, 0.05) is 24.6 Å². The zero-order valence-corrected chi connectivity index (χ0v) is 12.4. The number of amides is 2. The van der Waals surface area contributed by atoms with Crippen molar-refractivity contribution in [1.82, 2.24) is 4.90 Å². The van der Waals surface area contributed by atoms with Gasteiger partial charge in [-0.3, -0.25) is 0 Å². The van der Waals surface area contributed by atoms with Gasteiger partial charge in [-0.05, 0) is 24.6 Å². The number of hydrogen-bond donors (Lipinski definition) is 1. The number of rotatable bonds is 4. The lowest BCUT2D eigenvalue weighted by molar-refractivity contribution is 0.222. The molecule has 2 amide bonds. The van der Waals surface area contributed by atoms with Gasteiger partial charge in [0.15, 0.2) is 0 Å². The lowest BCUT2D eigenvalue weighted by Crippen LogP contribution is -2.32. The summed E-state index contributed by atoms with van der Waals surface area (Å²) in [6.45, 7) is 0.693. The van der Waals surface area contributed by atoms with Gasteiger partial charge in [-0.2, -0.15) is 0 Å². The Bertz CT molecular complexity index is 401. The van der Waals surface area contributed by atoms with E-state index in [-0.39, 0.29) is 6.03 Å². The van der Waals surface area contributed by atoms with Crippen LogP contribution in [0, 0.1) is 0 Å². The van der Waals surface area contributed by atoms with E-state index in [9.17, 15) is 4.79 Å². The molecule has 0 aliphatic heterocycles. The van der Waals surface area contributed by atoms with Crippen LogP contribution in [0.1, 0.15) is 6.42 Å². The van der Waals surface area contributed by atoms with Gasteiger partial charge in [0.2, 0.25) is 0 Å². The van der Waals surface area contributed by atoms with Crippen molar-refractivity contribution in [3.8, 4) is 0 Å². The fourth-order valence-corrected chi connectivity index (χ4v) is 1.74. The minimum atomic E-state index is -0.163. The lowest BCUT2D eigenvalue weighted by Gasteiger charge is -2.17. The van der Waals surface area contributed by atoms with Crippen molar-refractivity contribution in [3.05, 3.63) is 28.2 Å². The van der Waals surface area contributed by atoms with E-state index < -0.39 is 0 Å². The highest BCUT2D eigenvalue weighted by Crippen LogP contribution is 2.25. The molecule has 0 aliphatic rings. The van der Waals surface area contributed by atoms with Crippen molar-refractivity contribution in [2.45, 2.75) is 6.42 Å². The predicted octanol–water partition coefficient (Wildman–Crippen LogP) is 4.24. The SMILES string of the molecule is CN(CCCBr)C(=O)Nc1ccc(Cl)c(Cl)c1. The molecule has 0 bridgehead atoms. The Morgan fingerprint density at radius 3 is 2.71 bits per heavy atom. The third kappa shape index (κ3) is 4.74. The molecular weight excluding hydrogens is 327 g/mol. The molecule has 0 spiro atoms. The minimum absolute atomic E-state index is 0.163. The highest BCUT2D eigenvalue weighted by Gasteiger charge is 2.08. The molecule has 0 unspecified atom stereocenters. The van der Waals surface area contributed by atoms with Crippen molar-refractivity contribution in [3.63, 3.8) is 0 Å². The molecule has 0 saturated carbocycles. The van der Waals surface area contributed by atoms with Gasteiger partial charge in [0.05, 0.1) is 10.0 Å². The molecule has 0 aliphatic carbocycles. The molecular formula is C11H13BrCl2N2O. The summed E-state index contributed by atoms with van der Waals surface area (Å²) in [6.07, 6.45) is 0.908. The molecule has 0 radical (unpaired) electrons. The van der Waals surface area contributed by atoms with Crippen LogP contribution in [0.15, 0.2) is 18.2 Å². The first-order valence-corrected chi connectivity index (χ1v) is 6.95. The van der Waals surface area contributed by atoms with Crippen LogP contribution in [0.25, 0.3) is 0 Å². The molecule has 0 aromatic heterocycles. The van der Waals surface area contributed by atoms with Gasteiger partial charge in [0.25, 0.3) is 0 Å². The number of carbonyl (C=O) groups excluding carboxylic acids is 1. The maximum atomic E-state index is 11.7. The van der Waals surface area contributed by atoms with Gasteiger partial charge in [-0.25, -0.2) is 4.79 Å². The Balaban J connectivity index is 2.58. The molecule has 1 aromatic rings. The average molecular weight is 340 g/mol. The predicted molar refractivity (Wildman–Crippen MR) is 76.5 cm³/mol. The number of carbonyl (C=O) groups is 1. The number of halogens is 3. The topological polar surface area (TPSA) is 32.3 Å². The summed E-state index contributed by atoms with van der Waals surface area (Å²) in [4.78, 5) is 13.4. The minimum Gasteiger partial charge on any atom is -0.328 e. The monoisotopic (exact) mass is 338 g/mol. The molecule has 17 heavy (non-hydrogen) atoms. The van der Waals surface area contributed by atoms with E-state index >= 15 is 0 Å². The van der Waals surface area contributed by atoms with Gasteiger partial charge < -0.3 is 10.2 Å². The highest BCUT2D eigenvalue weighted by molar-refractivity contribution is 9.09. The van der Waals surface area contributed by atoms with Crippen LogP contribution in [0.4, 0.5) is 10.5 Å². The summed E-state index contributed by atoms with van der Waals surface area (Å²) in [5.41, 5.74) is 0.634. The quantitative estimate of drug-likeness (QED) is 0.817. The first-order valence-electron chi connectivity index (χ1n) is 5.07. The van der Waals surface area contributed by atoms with Crippen molar-refractivity contribution in [1.29, 1.82) is 0 Å². The average Bonchev–Trinajstić information content (AvgIpc) is 2.30. The molecule has 3 nitrogen and oxygen atoms in total. The van der Waals surface area contributed by atoms with E-state index in [1.54, 1.807) is 30.1 Å². The van der Waals surface area contributed by atoms with Crippen molar-refractivity contribution in [2.75, 3.05) is 24.2 Å². The fourth-order valence-electron chi connectivity index (χ4n) is 1.19. The molecule has 0 heterocycles. The maximum absolute atomic E-state index is 11.7. The molecule has 1 N–H and O–H groups in total. The number of nitrogens with one attached hydrogen (secondary N) is 1. The number of anilines is 1. The van der Waals surface area contributed by atoms with Crippen LogP contribution in [0.2, 0.25) is 10.0 Å². The van der Waals surface area contributed by atoms with Crippen molar-refractivity contribution < 1.29 is 4.79 Å². The van der Waals surface area contributed by atoms with Gasteiger partial charge >= 0.3 is 6.03 Å². The third-order valence-electron chi connectivity index (χ3n) is 2.14. The van der Waals surface area contributed by atoms with E-state index in [0.29, 0.717) is 22.3 Å². The second-order valence-electron chi connectivity index (χ2n) is 3.52. The van der Waals surface area contributed by atoms with Crippen LogP contribution in [-0.4, -0.2) is 29.9 Å². The first kappa shape index (κ1) is 14.6. The van der Waals surface area contributed by atoms with E-state index in [2.05, 4.69) is 21.2 Å². The first-order chi connectivity index (χ1) is 8.04. The zero-order valence-electron chi connectivity index (χ0n) is 9.34. The summed E-state index contributed by atoms with van der Waals surface area (Å²) in [6, 6.07) is 4.83. The Kier molecular flexibility index (Phi) is 6.09. The normalized spacial score (nSPS) is 10.1. The molecule has 94 valence electrons. The number of hydrogen-bond acceptors (Lipinski definition) is 1. The highest BCUT2D eigenvalue weighted by atomic mass is 79.9. The number of urea groups is 1. The molecule has 6 heteroatoms. The maximum Gasteiger partial charge on any atom is 0.321 e. The Morgan fingerprint density at radius 2 is 2.12 bits per heavy atom. The van der Waals surface area contributed by atoms with E-state index in [4.69, 9.17) is 23.2 Å². The van der Waals surface area contributed by atoms with E-state index in [1.165, 1.54) is 0 Å². The third-order valence-corrected chi connectivity index (χ3v) is 3.44. The number of alkyl halides is 1. The van der Waals surface area contributed by atoms with Crippen LogP contribution < -0.4 is 5.32 Å². The van der Waals surface area contributed by atoms with Gasteiger partial charge in [-0.15, -0.1) is 0 Å². The second kappa shape index (κ2) is 7.09. The molecule has 0 saturated heterocycles. The summed E-state index contributed by atoms with van der Waals surface area (Å²) < 4.78 is 0. The van der Waals surface area contributed by atoms with Crippen LogP contribution in [-0.2, 0) is 0 Å². The van der Waals surface area contributed by atoms with Crippen LogP contribution in [0.3, 0.4) is 0 Å². The Hall–Kier alpha value is -0.450. The van der Waals surface area contributed by atoms with Crippen molar-refractivity contribution >= 4 is 50.9 Å². The van der Waals surface area contributed by atoms with Crippen LogP contribution in [0.5, 0.6) is 0 Å². The molecule has 0 atom stereocenters. The van der Waals surface area contributed by atoms with E-state index in [0.717, 1.165) is 11.8 Å². The van der Waals surface area contributed by atoms with Crippen molar-refractivity contribution in [2.24, 2.45) is 0 Å². The fraction of sp³-hybridized carbons (Fsp3) is 0.364. The summed E-state index contributed by atoms with van der Waals surface area (Å²) >= 11 is 15.0. The van der Waals surface area contributed by atoms with Crippen LogP contribution >= 0.6 is 39.1 Å². The smallest absolute Gasteiger partial charge is 0.321 e. The summed E-state index contributed by atoms with van der Waals surface area (Å²) in [7, 11) is 1.75. The number of benzene rings is 1. The molecule has 0 fully saturated rings. The molecule has 1 rings (SSSR count). The second-order valence-corrected chi connectivity index (χ2v) is 5.13. The standard InChI is InChI=1S/C11H13BrCl2N2O/c1-16(6-2-5-12)11(17)15-8-3-4-9(13)10(14)7-8/h3-4,7H,2,5-6H2,1H3,(H,15,17). The van der Waals surface area contributed by atoms with E-state index in [1.807, 2.05) is 0 Å². The number of nitrogens with zero attached hydrogens (tertiary/aromatic N) is 1. The summed E-state index contributed by atoms with van der Waals surface area (Å²) in [5.74, 6) is 0. The Morgan fingerprint density at radius 1 is 1.41 bits per heavy atom. The largest absolute Gasteiger partial charge is 0.328 e. The van der Waals surface area contributed by atoms with Gasteiger partial charge in [0.1, 0.15) is 0 Å². The molecule has 1 aromatic carbocycles. The van der Waals surface area contributed by atoms with Gasteiger partial charge in [-0.1, -0.05) is 39.1 Å². The zero-order chi connectivity index (χ0) is 12.8. The summed E-state index contributed by atoms with van der Waals surface area (Å²) in [5, 5.41) is 4.51. The lowest BCUT2D eigenvalue weighted by atomic mass is 10.3. The Labute approximate surface area is 119 Å².